The quantitative estimate of drug-likeness (QED) is 0.500. The van der Waals surface area contributed by atoms with Crippen LogP contribution in [0.3, 0.4) is 0 Å². The molecule has 0 bridgehead atoms. The summed E-state index contributed by atoms with van der Waals surface area (Å²) in [5.41, 5.74) is 5.14. The van der Waals surface area contributed by atoms with E-state index in [0.717, 1.165) is 4.68 Å². The lowest BCUT2D eigenvalue weighted by atomic mass is 10.5. The van der Waals surface area contributed by atoms with Crippen molar-refractivity contribution in [1.29, 1.82) is 0 Å². The van der Waals surface area contributed by atoms with Crippen LogP contribution in [0.25, 0.3) is 0 Å². The number of hydrogen-bond donors (Lipinski definition) is 4. The Morgan fingerprint density at radius 2 is 2.18 bits per heavy atom. The minimum Gasteiger partial charge on any atom is -0.480 e. The highest BCUT2D eigenvalue weighted by atomic mass is 16.4. The molecule has 0 aliphatic carbocycles. The molecule has 0 saturated heterocycles. The smallest absolute Gasteiger partial charge is 0.325 e. The minimum atomic E-state index is -1.04. The first kappa shape index (κ1) is 12.5. The Labute approximate surface area is 95.6 Å². The van der Waals surface area contributed by atoms with E-state index in [9.17, 15) is 14.4 Å². The minimum absolute atomic E-state index is 0.283. The summed E-state index contributed by atoms with van der Waals surface area (Å²) in [6.45, 7) is -0.584. The van der Waals surface area contributed by atoms with Crippen molar-refractivity contribution in [3.63, 3.8) is 0 Å². The summed E-state index contributed by atoms with van der Waals surface area (Å²) in [6.07, 6.45) is 2.63. The molecule has 0 aliphatic rings. The van der Waals surface area contributed by atoms with Crippen LogP contribution in [0, 0.1) is 0 Å². The molecule has 0 spiro atoms. The van der Waals surface area contributed by atoms with Gasteiger partial charge in [0.05, 0.1) is 18.4 Å². The van der Waals surface area contributed by atoms with Crippen molar-refractivity contribution in [3.8, 4) is 0 Å². The van der Waals surface area contributed by atoms with Crippen molar-refractivity contribution in [2.75, 3.05) is 11.9 Å². The van der Waals surface area contributed by atoms with Crippen molar-refractivity contribution in [1.82, 2.24) is 15.1 Å². The first-order valence-corrected chi connectivity index (χ1v) is 4.55. The lowest BCUT2D eigenvalue weighted by Crippen LogP contribution is -2.36. The second-order valence-electron chi connectivity index (χ2n) is 3.09. The van der Waals surface area contributed by atoms with Gasteiger partial charge in [0.1, 0.15) is 6.54 Å². The number of hydrogen-bond acceptors (Lipinski definition) is 4. The van der Waals surface area contributed by atoms with Crippen LogP contribution < -0.4 is 16.4 Å². The van der Waals surface area contributed by atoms with E-state index < -0.39 is 17.9 Å². The van der Waals surface area contributed by atoms with Gasteiger partial charge in [-0.25, -0.2) is 4.79 Å². The van der Waals surface area contributed by atoms with Crippen molar-refractivity contribution in [3.05, 3.63) is 12.4 Å². The van der Waals surface area contributed by atoms with Gasteiger partial charge in [0, 0.05) is 6.20 Å². The normalized spacial score (nSPS) is 9.65. The molecule has 1 aromatic heterocycles. The molecule has 9 nitrogen and oxygen atoms in total. The Balaban J connectivity index is 2.46. The Kier molecular flexibility index (Phi) is 4.03. The van der Waals surface area contributed by atoms with Crippen molar-refractivity contribution in [2.24, 2.45) is 5.73 Å². The zero-order valence-corrected chi connectivity index (χ0v) is 8.71. The molecule has 17 heavy (non-hydrogen) atoms. The van der Waals surface area contributed by atoms with Crippen molar-refractivity contribution < 1.29 is 19.5 Å². The number of carboxylic acids is 1. The van der Waals surface area contributed by atoms with Crippen LogP contribution in [-0.2, 0) is 16.1 Å². The van der Waals surface area contributed by atoms with E-state index in [4.69, 9.17) is 10.8 Å². The van der Waals surface area contributed by atoms with Gasteiger partial charge in [0.25, 0.3) is 0 Å². The Bertz CT molecular complexity index is 441. The number of anilines is 1. The number of amides is 3. The number of nitrogens with two attached hydrogens (primary N) is 1. The van der Waals surface area contributed by atoms with E-state index in [1.165, 1.54) is 12.4 Å². The van der Waals surface area contributed by atoms with Crippen molar-refractivity contribution >= 4 is 23.6 Å². The van der Waals surface area contributed by atoms with Gasteiger partial charge in [-0.05, 0) is 0 Å². The molecule has 5 N–H and O–H groups in total. The van der Waals surface area contributed by atoms with Crippen LogP contribution in [0.15, 0.2) is 12.4 Å². The highest BCUT2D eigenvalue weighted by molar-refractivity contribution is 5.91. The van der Waals surface area contributed by atoms with Crippen LogP contribution in [0.2, 0.25) is 0 Å². The molecule has 1 heterocycles. The predicted octanol–water partition coefficient (Wildman–Crippen LogP) is -1.43. The van der Waals surface area contributed by atoms with Gasteiger partial charge in [-0.2, -0.15) is 5.10 Å². The van der Waals surface area contributed by atoms with Crippen LogP contribution >= 0.6 is 0 Å². The third kappa shape index (κ3) is 4.64. The van der Waals surface area contributed by atoms with Gasteiger partial charge in [-0.15, -0.1) is 0 Å². The predicted molar refractivity (Wildman–Crippen MR) is 56.1 cm³/mol. The van der Waals surface area contributed by atoms with E-state index in [1.54, 1.807) is 0 Å². The third-order valence-corrected chi connectivity index (χ3v) is 1.61. The number of primary amides is 1. The average Bonchev–Trinajstić information content (AvgIpc) is 2.61. The molecule has 1 rings (SSSR count). The number of carboxylic acid groups (broad SMARTS) is 1. The fourth-order valence-corrected chi connectivity index (χ4v) is 0.996. The van der Waals surface area contributed by atoms with Gasteiger partial charge in [-0.1, -0.05) is 0 Å². The lowest BCUT2D eigenvalue weighted by Gasteiger charge is -2.02. The number of aliphatic carboxylic acids is 1. The monoisotopic (exact) mass is 241 g/mol. The summed E-state index contributed by atoms with van der Waals surface area (Å²) >= 11 is 0. The molecule has 3 amide bonds. The highest BCUT2D eigenvalue weighted by Crippen LogP contribution is 2.03. The zero-order valence-electron chi connectivity index (χ0n) is 8.71. The molecule has 0 atom stereocenters. The van der Waals surface area contributed by atoms with Crippen LogP contribution in [0.5, 0.6) is 0 Å². The van der Waals surface area contributed by atoms with Crippen LogP contribution in [-0.4, -0.2) is 39.3 Å². The largest absolute Gasteiger partial charge is 0.480 e. The number of urea groups is 1. The first-order valence-electron chi connectivity index (χ1n) is 4.55. The number of carbonyl (C=O) groups is 3. The molecule has 0 fully saturated rings. The molecule has 92 valence electrons. The zero-order chi connectivity index (χ0) is 12.8. The van der Waals surface area contributed by atoms with E-state index in [-0.39, 0.29) is 13.1 Å². The fraction of sp³-hybridized carbons (Fsp3) is 0.250. The summed E-state index contributed by atoms with van der Waals surface area (Å²) < 4.78 is 1.14. The molecular formula is C8H11N5O4. The number of rotatable bonds is 5. The molecule has 0 saturated carbocycles. The maximum atomic E-state index is 11.2. The van der Waals surface area contributed by atoms with Crippen molar-refractivity contribution in [2.45, 2.75) is 6.54 Å². The van der Waals surface area contributed by atoms with Gasteiger partial charge in [0.15, 0.2) is 0 Å². The first-order chi connectivity index (χ1) is 7.97. The number of carbonyl (C=O) groups excluding carboxylic acids is 2. The van der Waals surface area contributed by atoms with E-state index in [0.29, 0.717) is 5.69 Å². The summed E-state index contributed by atoms with van der Waals surface area (Å²) in [6, 6.07) is -0.626. The number of aromatic nitrogens is 2. The summed E-state index contributed by atoms with van der Waals surface area (Å²) in [5.74, 6) is -1.71. The van der Waals surface area contributed by atoms with E-state index >= 15 is 0 Å². The van der Waals surface area contributed by atoms with Crippen LogP contribution in [0.4, 0.5) is 10.5 Å². The van der Waals surface area contributed by atoms with Gasteiger partial charge in [0.2, 0.25) is 5.91 Å². The van der Waals surface area contributed by atoms with E-state index in [2.05, 4.69) is 15.7 Å². The molecule has 1 aromatic rings. The molecular weight excluding hydrogens is 230 g/mol. The van der Waals surface area contributed by atoms with Crippen LogP contribution in [0.1, 0.15) is 0 Å². The highest BCUT2D eigenvalue weighted by Gasteiger charge is 2.06. The van der Waals surface area contributed by atoms with Gasteiger partial charge >= 0.3 is 12.0 Å². The van der Waals surface area contributed by atoms with E-state index in [1.807, 2.05) is 0 Å². The Morgan fingerprint density at radius 1 is 1.47 bits per heavy atom. The molecule has 0 aliphatic heterocycles. The summed E-state index contributed by atoms with van der Waals surface area (Å²) in [5, 5.41) is 16.8. The second-order valence-corrected chi connectivity index (χ2v) is 3.09. The topological polar surface area (TPSA) is 139 Å². The summed E-state index contributed by atoms with van der Waals surface area (Å²) in [4.78, 5) is 31.9. The molecule has 0 aromatic carbocycles. The Morgan fingerprint density at radius 3 is 2.76 bits per heavy atom. The number of nitrogens with one attached hydrogen (secondary N) is 2. The third-order valence-electron chi connectivity index (χ3n) is 1.61. The Hall–Kier alpha value is -2.58. The summed E-state index contributed by atoms with van der Waals surface area (Å²) in [7, 11) is 0. The molecule has 9 heteroatoms. The lowest BCUT2D eigenvalue weighted by molar-refractivity contribution is -0.137. The SMILES string of the molecule is NC(=O)CNC(=O)Nc1cnn(CC(=O)O)c1. The number of nitrogens with zero attached hydrogens (tertiary/aromatic N) is 2. The fourth-order valence-electron chi connectivity index (χ4n) is 0.996. The average molecular weight is 241 g/mol. The molecule has 0 unspecified atom stereocenters. The molecule has 0 radical (unpaired) electrons. The standard InChI is InChI=1S/C8H11N5O4/c9-6(14)2-10-8(17)12-5-1-11-13(3-5)4-7(15)16/h1,3H,2,4H2,(H2,9,14)(H,15,16)(H2,10,12,17). The maximum absolute atomic E-state index is 11.2. The maximum Gasteiger partial charge on any atom is 0.325 e. The van der Waals surface area contributed by atoms with Gasteiger partial charge in [-0.3, -0.25) is 14.3 Å². The van der Waals surface area contributed by atoms with Gasteiger partial charge < -0.3 is 21.5 Å². The second kappa shape index (κ2) is 5.49.